The Morgan fingerprint density at radius 1 is 1.27 bits per heavy atom. The first-order chi connectivity index (χ1) is 15.8. The summed E-state index contributed by atoms with van der Waals surface area (Å²) in [6, 6.07) is 7.26. The molecule has 0 unspecified atom stereocenters. The standard InChI is InChI=1S/C22H23ClN6O3S/c1-12-5-4-6-16(23)20(12)28-21(31)17-10-24-22(33-17)27-18-9-19(26-13(2)25-18)29-8-7-15(11-29)32-14(3)30/h4-6,9-10,15H,7-8,11H2,1-3H3,(H,28,31)(H,24,25,26,27)/t15-/m0/s1. The van der Waals surface area contributed by atoms with Crippen molar-refractivity contribution < 1.29 is 14.3 Å². The van der Waals surface area contributed by atoms with E-state index in [0.717, 1.165) is 24.3 Å². The highest BCUT2D eigenvalue weighted by Crippen LogP contribution is 2.29. The summed E-state index contributed by atoms with van der Waals surface area (Å²) < 4.78 is 5.31. The van der Waals surface area contributed by atoms with Gasteiger partial charge in [-0.2, -0.15) is 0 Å². The van der Waals surface area contributed by atoms with Gasteiger partial charge in [0.1, 0.15) is 28.4 Å². The molecule has 1 atom stereocenters. The Hall–Kier alpha value is -3.24. The van der Waals surface area contributed by atoms with Gasteiger partial charge in [-0.1, -0.05) is 35.1 Å². The van der Waals surface area contributed by atoms with E-state index in [0.29, 0.717) is 38.9 Å². The van der Waals surface area contributed by atoms with Crippen LogP contribution < -0.4 is 15.5 Å². The molecule has 172 valence electrons. The highest BCUT2D eigenvalue weighted by molar-refractivity contribution is 7.17. The number of hydrogen-bond acceptors (Lipinski definition) is 9. The minimum Gasteiger partial charge on any atom is -0.461 e. The lowest BCUT2D eigenvalue weighted by atomic mass is 10.2. The first-order valence-corrected chi connectivity index (χ1v) is 11.5. The maximum atomic E-state index is 12.7. The number of carbonyl (C=O) groups excluding carboxylic acids is 2. The number of rotatable bonds is 6. The Balaban J connectivity index is 1.45. The Morgan fingerprint density at radius 2 is 2.09 bits per heavy atom. The van der Waals surface area contributed by atoms with Crippen LogP contribution in [0.4, 0.5) is 22.5 Å². The zero-order valence-corrected chi connectivity index (χ0v) is 20.0. The van der Waals surface area contributed by atoms with Crippen LogP contribution in [0.1, 0.15) is 34.4 Å². The Labute approximate surface area is 200 Å². The van der Waals surface area contributed by atoms with Gasteiger partial charge in [0.2, 0.25) is 0 Å². The molecule has 4 rings (SSSR count). The number of aryl methyl sites for hydroxylation is 2. The number of halogens is 1. The topological polar surface area (TPSA) is 109 Å². The molecule has 11 heteroatoms. The van der Waals surface area contributed by atoms with Crippen LogP contribution in [0, 0.1) is 13.8 Å². The molecule has 0 bridgehead atoms. The van der Waals surface area contributed by atoms with E-state index in [1.165, 1.54) is 24.5 Å². The first kappa shape index (κ1) is 22.9. The second-order valence-corrected chi connectivity index (χ2v) is 9.10. The number of thiazole rings is 1. The molecule has 1 aliphatic rings. The Kier molecular flexibility index (Phi) is 6.75. The third-order valence-electron chi connectivity index (χ3n) is 5.05. The van der Waals surface area contributed by atoms with Crippen LogP contribution in [0.3, 0.4) is 0 Å². The Bertz CT molecular complexity index is 1180. The summed E-state index contributed by atoms with van der Waals surface area (Å²) in [5.74, 6) is 1.33. The minimum absolute atomic E-state index is 0.143. The number of nitrogens with zero attached hydrogens (tertiary/aromatic N) is 4. The maximum absolute atomic E-state index is 12.7. The number of esters is 1. The van der Waals surface area contributed by atoms with Crippen LogP contribution in [0.5, 0.6) is 0 Å². The van der Waals surface area contributed by atoms with Crippen LogP contribution in [-0.4, -0.2) is 46.0 Å². The van der Waals surface area contributed by atoms with Gasteiger partial charge in [0.15, 0.2) is 5.13 Å². The fourth-order valence-corrected chi connectivity index (χ4v) is 4.54. The lowest BCUT2D eigenvalue weighted by Crippen LogP contribution is -2.25. The van der Waals surface area contributed by atoms with E-state index >= 15 is 0 Å². The normalized spacial score (nSPS) is 15.4. The van der Waals surface area contributed by atoms with E-state index in [-0.39, 0.29) is 18.0 Å². The summed E-state index contributed by atoms with van der Waals surface area (Å²) in [6.45, 7) is 6.42. The van der Waals surface area contributed by atoms with E-state index in [4.69, 9.17) is 16.3 Å². The van der Waals surface area contributed by atoms with Crippen molar-refractivity contribution in [3.8, 4) is 0 Å². The van der Waals surface area contributed by atoms with Crippen molar-refractivity contribution in [2.24, 2.45) is 0 Å². The summed E-state index contributed by atoms with van der Waals surface area (Å²) in [6.07, 6.45) is 2.12. The smallest absolute Gasteiger partial charge is 0.302 e. The highest BCUT2D eigenvalue weighted by Gasteiger charge is 2.26. The van der Waals surface area contributed by atoms with E-state index in [1.54, 1.807) is 13.0 Å². The first-order valence-electron chi connectivity index (χ1n) is 10.4. The average molecular weight is 487 g/mol. The molecule has 3 heterocycles. The molecular weight excluding hydrogens is 464 g/mol. The predicted molar refractivity (Wildman–Crippen MR) is 129 cm³/mol. The van der Waals surface area contributed by atoms with Gasteiger partial charge in [0.25, 0.3) is 5.91 Å². The maximum Gasteiger partial charge on any atom is 0.302 e. The number of para-hydroxylation sites is 1. The van der Waals surface area contributed by atoms with E-state index < -0.39 is 0 Å². The van der Waals surface area contributed by atoms with E-state index in [1.807, 2.05) is 25.1 Å². The predicted octanol–water partition coefficient (Wildman–Crippen LogP) is 4.34. The van der Waals surface area contributed by atoms with Crippen molar-refractivity contribution in [1.29, 1.82) is 0 Å². The van der Waals surface area contributed by atoms with E-state index in [2.05, 4.69) is 30.5 Å². The van der Waals surface area contributed by atoms with Gasteiger partial charge in [-0.15, -0.1) is 0 Å². The van der Waals surface area contributed by atoms with Gasteiger partial charge < -0.3 is 20.3 Å². The molecule has 0 spiro atoms. The SMILES string of the molecule is CC(=O)O[C@H]1CCN(c2cc(Nc3ncc(C(=O)Nc4c(C)cccc4Cl)s3)nc(C)n2)C1. The summed E-state index contributed by atoms with van der Waals surface area (Å²) in [7, 11) is 0. The second-order valence-electron chi connectivity index (χ2n) is 7.67. The van der Waals surface area contributed by atoms with Gasteiger partial charge >= 0.3 is 5.97 Å². The number of ether oxygens (including phenoxy) is 1. The zero-order valence-electron chi connectivity index (χ0n) is 18.4. The van der Waals surface area contributed by atoms with Crippen LogP contribution in [0.2, 0.25) is 5.02 Å². The highest BCUT2D eigenvalue weighted by atomic mass is 35.5. The largest absolute Gasteiger partial charge is 0.461 e. The van der Waals surface area contributed by atoms with Crippen LogP contribution in [-0.2, 0) is 9.53 Å². The number of amides is 1. The number of nitrogens with one attached hydrogen (secondary N) is 2. The van der Waals surface area contributed by atoms with Gasteiger partial charge in [-0.25, -0.2) is 15.0 Å². The summed E-state index contributed by atoms with van der Waals surface area (Å²) in [5.41, 5.74) is 1.46. The van der Waals surface area contributed by atoms with Crippen LogP contribution >= 0.6 is 22.9 Å². The molecule has 2 aromatic heterocycles. The number of carbonyl (C=O) groups is 2. The molecule has 0 saturated carbocycles. The molecule has 1 aliphatic heterocycles. The molecule has 1 saturated heterocycles. The van der Waals surface area contributed by atoms with E-state index in [9.17, 15) is 9.59 Å². The summed E-state index contributed by atoms with van der Waals surface area (Å²) >= 11 is 7.42. The quantitative estimate of drug-likeness (QED) is 0.495. The fraction of sp³-hybridized carbons (Fsp3) is 0.318. The minimum atomic E-state index is -0.287. The summed E-state index contributed by atoms with van der Waals surface area (Å²) in [4.78, 5) is 39.6. The second kappa shape index (κ2) is 9.72. The molecule has 2 N–H and O–H groups in total. The number of anilines is 4. The van der Waals surface area contributed by atoms with Crippen molar-refractivity contribution in [3.63, 3.8) is 0 Å². The lowest BCUT2D eigenvalue weighted by Gasteiger charge is -2.18. The molecule has 33 heavy (non-hydrogen) atoms. The molecule has 9 nitrogen and oxygen atoms in total. The van der Waals surface area contributed by atoms with Gasteiger partial charge in [-0.05, 0) is 25.5 Å². The number of hydrogen-bond donors (Lipinski definition) is 2. The van der Waals surface area contributed by atoms with Crippen molar-refractivity contribution in [2.75, 3.05) is 28.6 Å². The Morgan fingerprint density at radius 3 is 2.85 bits per heavy atom. The molecular formula is C22H23ClN6O3S. The van der Waals surface area contributed by atoms with Gasteiger partial charge in [-0.3, -0.25) is 9.59 Å². The average Bonchev–Trinajstić information content (AvgIpc) is 3.40. The molecule has 1 fully saturated rings. The molecule has 3 aromatic rings. The van der Waals surface area contributed by atoms with Crippen molar-refractivity contribution in [3.05, 3.63) is 51.7 Å². The van der Waals surface area contributed by atoms with Gasteiger partial charge in [0.05, 0.1) is 23.5 Å². The number of aromatic nitrogens is 3. The lowest BCUT2D eigenvalue weighted by molar-refractivity contribution is -0.145. The summed E-state index contributed by atoms with van der Waals surface area (Å²) in [5, 5.41) is 7.01. The van der Waals surface area contributed by atoms with Crippen molar-refractivity contribution >= 4 is 57.3 Å². The molecule has 1 amide bonds. The van der Waals surface area contributed by atoms with Crippen molar-refractivity contribution in [1.82, 2.24) is 15.0 Å². The van der Waals surface area contributed by atoms with Crippen LogP contribution in [0.15, 0.2) is 30.5 Å². The monoisotopic (exact) mass is 486 g/mol. The van der Waals surface area contributed by atoms with Crippen LogP contribution in [0.25, 0.3) is 0 Å². The molecule has 1 aromatic carbocycles. The van der Waals surface area contributed by atoms with Crippen molar-refractivity contribution in [2.45, 2.75) is 33.3 Å². The number of benzene rings is 1. The van der Waals surface area contributed by atoms with Gasteiger partial charge in [0, 0.05) is 26.0 Å². The molecule has 0 aliphatic carbocycles. The molecule has 0 radical (unpaired) electrons. The fourth-order valence-electron chi connectivity index (χ4n) is 3.56. The zero-order chi connectivity index (χ0) is 23.5. The third kappa shape index (κ3) is 5.58. The third-order valence-corrected chi connectivity index (χ3v) is 6.28.